The molecule has 5 rings (SSSR count). The minimum absolute atomic E-state index is 0.156. The summed E-state index contributed by atoms with van der Waals surface area (Å²) in [7, 11) is -0.237. The average molecular weight is 523 g/mol. The minimum atomic E-state index is -4.27. The molecule has 9 nitrogen and oxygen atoms in total. The molecule has 0 amide bonds. The van der Waals surface area contributed by atoms with E-state index in [0.717, 1.165) is 36.1 Å². The maximum atomic E-state index is 10.7. The van der Waals surface area contributed by atoms with Crippen LogP contribution in [0.5, 0.6) is 0 Å². The topological polar surface area (TPSA) is 133 Å². The number of nitro groups is 1. The second-order valence-corrected chi connectivity index (χ2v) is 10.3. The number of nitrogen functional groups attached to an aromatic ring is 1. The van der Waals surface area contributed by atoms with Gasteiger partial charge in [-0.05, 0) is 55.8 Å². The summed E-state index contributed by atoms with van der Waals surface area (Å²) in [4.78, 5) is 12.5. The summed E-state index contributed by atoms with van der Waals surface area (Å²) in [5.74, 6) is 0. The number of hydrogen-bond donors (Lipinski definition) is 1. The van der Waals surface area contributed by atoms with Gasteiger partial charge in [0.2, 0.25) is 0 Å². The SMILES string of the molecule is CN1CCc2c(N)cccc2C1.C[n+]1ccc2c([N+](=O)[O-])cccc2c1.Cc1ccc(S(=O)(=O)[O-])cc1. The van der Waals surface area contributed by atoms with Crippen LogP contribution in [-0.4, -0.2) is 36.4 Å². The van der Waals surface area contributed by atoms with Gasteiger partial charge in [0.05, 0.1) is 20.6 Å². The zero-order valence-corrected chi connectivity index (χ0v) is 21.8. The fraction of sp³-hybridized carbons (Fsp3) is 0.222. The number of anilines is 1. The number of hydrogen-bond acceptors (Lipinski definition) is 7. The smallest absolute Gasteiger partial charge is 0.277 e. The van der Waals surface area contributed by atoms with E-state index < -0.39 is 10.1 Å². The van der Waals surface area contributed by atoms with Crippen LogP contribution in [0.15, 0.2) is 84.0 Å². The van der Waals surface area contributed by atoms with Gasteiger partial charge in [-0.2, -0.15) is 0 Å². The van der Waals surface area contributed by atoms with Gasteiger partial charge in [-0.25, -0.2) is 13.0 Å². The number of aryl methyl sites for hydroxylation is 2. The molecule has 1 aromatic heterocycles. The molecule has 2 N–H and O–H groups in total. The van der Waals surface area contributed by atoms with Crippen molar-refractivity contribution in [3.05, 3.63) is 106 Å². The molecule has 0 aliphatic carbocycles. The van der Waals surface area contributed by atoms with Crippen LogP contribution in [-0.2, 0) is 30.1 Å². The van der Waals surface area contributed by atoms with E-state index in [1.165, 1.54) is 29.3 Å². The predicted octanol–water partition coefficient (Wildman–Crippen LogP) is 3.73. The highest BCUT2D eigenvalue weighted by Crippen LogP contribution is 2.24. The largest absolute Gasteiger partial charge is 0.744 e. The van der Waals surface area contributed by atoms with Crippen LogP contribution in [0, 0.1) is 17.0 Å². The number of likely N-dealkylation sites (N-methyl/N-ethyl adjacent to an activating group) is 1. The van der Waals surface area contributed by atoms with Crippen molar-refractivity contribution in [1.82, 2.24) is 4.90 Å². The summed E-state index contributed by atoms with van der Waals surface area (Å²) in [5, 5.41) is 12.3. The van der Waals surface area contributed by atoms with Crippen molar-refractivity contribution in [2.45, 2.75) is 24.8 Å². The van der Waals surface area contributed by atoms with E-state index >= 15 is 0 Å². The quantitative estimate of drug-likeness (QED) is 0.139. The molecule has 4 aromatic rings. The van der Waals surface area contributed by atoms with Crippen molar-refractivity contribution >= 4 is 32.3 Å². The maximum Gasteiger partial charge on any atom is 0.277 e. The van der Waals surface area contributed by atoms with Crippen LogP contribution in [0.1, 0.15) is 16.7 Å². The lowest BCUT2D eigenvalue weighted by Gasteiger charge is -2.25. The van der Waals surface area contributed by atoms with E-state index in [9.17, 15) is 23.1 Å². The molecule has 1 aliphatic heterocycles. The molecule has 0 atom stereocenters. The van der Waals surface area contributed by atoms with Gasteiger partial charge in [0.1, 0.15) is 17.2 Å². The molecule has 0 fully saturated rings. The number of nitrogens with zero attached hydrogens (tertiary/aromatic N) is 3. The van der Waals surface area contributed by atoms with Crippen LogP contribution < -0.4 is 10.3 Å². The monoisotopic (exact) mass is 522 g/mol. The van der Waals surface area contributed by atoms with E-state index in [1.807, 2.05) is 42.9 Å². The van der Waals surface area contributed by atoms with Gasteiger partial charge in [0.25, 0.3) is 5.69 Å². The summed E-state index contributed by atoms with van der Waals surface area (Å²) in [6, 6.07) is 18.8. The third kappa shape index (κ3) is 7.56. The molecule has 1 aliphatic rings. The summed E-state index contributed by atoms with van der Waals surface area (Å²) < 4.78 is 33.0. The van der Waals surface area contributed by atoms with Gasteiger partial charge in [-0.15, -0.1) is 0 Å². The first kappa shape index (κ1) is 27.7. The van der Waals surface area contributed by atoms with Crippen molar-refractivity contribution in [1.29, 1.82) is 0 Å². The first-order valence-corrected chi connectivity index (χ1v) is 13.0. The average Bonchev–Trinajstić information content (AvgIpc) is 2.84. The van der Waals surface area contributed by atoms with E-state index in [4.69, 9.17) is 5.73 Å². The molecule has 0 radical (unpaired) electrons. The number of rotatable bonds is 2. The van der Waals surface area contributed by atoms with E-state index in [0.29, 0.717) is 5.39 Å². The number of benzene rings is 3. The summed E-state index contributed by atoms with van der Waals surface area (Å²) >= 11 is 0. The normalized spacial score (nSPS) is 13.0. The Morgan fingerprint density at radius 3 is 2.35 bits per heavy atom. The zero-order valence-electron chi connectivity index (χ0n) is 21.0. The number of aromatic nitrogens is 1. The molecular formula is C27H30N4O5S. The Morgan fingerprint density at radius 1 is 1.03 bits per heavy atom. The standard InChI is InChI=1S/C10H9N2O2.C10H14N2.C7H8O3S/c1-11-6-5-9-8(7-11)3-2-4-10(9)12(13)14;1-12-6-5-9-8(7-12)3-2-4-10(9)11;1-6-2-4-7(5-3-6)11(8,9)10/h2-7H,1H3;2-4H,5-7,11H2,1H3;2-5H,1H3,(H,8,9,10)/q+1;;/p-1. The van der Waals surface area contributed by atoms with Crippen LogP contribution in [0.4, 0.5) is 11.4 Å². The van der Waals surface area contributed by atoms with Crippen LogP contribution in [0.2, 0.25) is 0 Å². The van der Waals surface area contributed by atoms with Gasteiger partial charge in [-0.3, -0.25) is 10.1 Å². The first-order chi connectivity index (χ1) is 17.5. The van der Waals surface area contributed by atoms with Crippen molar-refractivity contribution in [3.8, 4) is 0 Å². The Hall–Kier alpha value is -3.86. The van der Waals surface area contributed by atoms with Gasteiger partial charge < -0.3 is 15.2 Å². The zero-order chi connectivity index (χ0) is 27.2. The Bertz CT molecular complexity index is 1510. The summed E-state index contributed by atoms with van der Waals surface area (Å²) in [6.07, 6.45) is 4.76. The summed E-state index contributed by atoms with van der Waals surface area (Å²) in [6.45, 7) is 3.99. The molecule has 10 heteroatoms. The number of pyridine rings is 1. The van der Waals surface area contributed by atoms with Crippen LogP contribution >= 0.6 is 0 Å². The van der Waals surface area contributed by atoms with Crippen LogP contribution in [0.25, 0.3) is 10.8 Å². The van der Waals surface area contributed by atoms with Gasteiger partial charge in [-0.1, -0.05) is 35.9 Å². The van der Waals surface area contributed by atoms with E-state index in [2.05, 4.69) is 18.0 Å². The molecular weight excluding hydrogens is 492 g/mol. The molecule has 3 aromatic carbocycles. The van der Waals surface area contributed by atoms with Gasteiger partial charge in [0.15, 0.2) is 12.4 Å². The summed E-state index contributed by atoms with van der Waals surface area (Å²) in [5.41, 5.74) is 10.7. The van der Waals surface area contributed by atoms with Gasteiger partial charge >= 0.3 is 0 Å². The second kappa shape index (κ2) is 11.9. The predicted molar refractivity (Wildman–Crippen MR) is 142 cm³/mol. The minimum Gasteiger partial charge on any atom is -0.744 e. The number of non-ortho nitro benzene ring substituents is 1. The van der Waals surface area contributed by atoms with Crippen molar-refractivity contribution in [3.63, 3.8) is 0 Å². The third-order valence-electron chi connectivity index (χ3n) is 5.94. The molecule has 0 saturated heterocycles. The molecule has 0 bridgehead atoms. The molecule has 0 unspecified atom stereocenters. The molecule has 194 valence electrons. The Labute approximate surface area is 216 Å². The van der Waals surface area contributed by atoms with Crippen molar-refractivity contribution in [2.24, 2.45) is 7.05 Å². The third-order valence-corrected chi connectivity index (χ3v) is 6.78. The molecule has 0 spiro atoms. The molecule has 0 saturated carbocycles. The highest BCUT2D eigenvalue weighted by Gasteiger charge is 2.14. The van der Waals surface area contributed by atoms with Crippen molar-refractivity contribution < 1.29 is 22.5 Å². The first-order valence-electron chi connectivity index (χ1n) is 11.6. The number of fused-ring (bicyclic) bond motifs is 2. The van der Waals surface area contributed by atoms with Crippen LogP contribution in [0.3, 0.4) is 0 Å². The maximum absolute atomic E-state index is 10.7. The Kier molecular flexibility index (Phi) is 8.93. The number of nitro benzene ring substituents is 1. The van der Waals surface area contributed by atoms with Crippen molar-refractivity contribution in [2.75, 3.05) is 19.3 Å². The number of nitrogens with two attached hydrogens (primary N) is 1. The molecule has 2 heterocycles. The highest BCUT2D eigenvalue weighted by molar-refractivity contribution is 7.85. The van der Waals surface area contributed by atoms with Gasteiger partial charge in [0, 0.05) is 30.9 Å². The van der Waals surface area contributed by atoms with E-state index in [-0.39, 0.29) is 15.5 Å². The fourth-order valence-electron chi connectivity index (χ4n) is 3.96. The second-order valence-electron chi connectivity index (χ2n) is 8.89. The lowest BCUT2D eigenvalue weighted by atomic mass is 9.98. The fourth-order valence-corrected chi connectivity index (χ4v) is 4.43. The van der Waals surface area contributed by atoms with E-state index in [1.54, 1.807) is 30.5 Å². The lowest BCUT2D eigenvalue weighted by molar-refractivity contribution is -0.670. The Balaban J connectivity index is 0.000000156. The lowest BCUT2D eigenvalue weighted by Crippen LogP contribution is -2.27. The highest BCUT2D eigenvalue weighted by atomic mass is 32.2. The molecule has 37 heavy (non-hydrogen) atoms. The Morgan fingerprint density at radius 2 is 1.70 bits per heavy atom.